The van der Waals surface area contributed by atoms with Gasteiger partial charge in [0.2, 0.25) is 0 Å². The highest BCUT2D eigenvalue weighted by molar-refractivity contribution is 7.90. The lowest BCUT2D eigenvalue weighted by Crippen LogP contribution is -2.17. The fraction of sp³-hybridized carbons (Fsp3) is 0.111. The third kappa shape index (κ3) is 3.63. The molecule has 1 N–H and O–H groups in total. The van der Waals surface area contributed by atoms with Crippen LogP contribution in [0.25, 0.3) is 5.69 Å². The number of carbonyl (C=O) groups is 1. The lowest BCUT2D eigenvalue weighted by atomic mass is 10.2. The number of amides is 1. The number of halogens is 3. The highest BCUT2D eigenvalue weighted by atomic mass is 35.5. The quantitative estimate of drug-likeness (QED) is 0.628. The molecule has 2 heterocycles. The molecule has 0 saturated carbocycles. The molecule has 0 spiro atoms. The lowest BCUT2D eigenvalue weighted by molar-refractivity contribution is 0.102. The summed E-state index contributed by atoms with van der Waals surface area (Å²) in [5.41, 5.74) is 1.66. The largest absolute Gasteiger partial charge is 0.306 e. The second-order valence-electron chi connectivity index (χ2n) is 6.28. The Bertz CT molecular complexity index is 1220. The Morgan fingerprint density at radius 2 is 1.79 bits per heavy atom. The molecule has 0 atom stereocenters. The van der Waals surface area contributed by atoms with Crippen LogP contribution in [0.15, 0.2) is 42.5 Å². The summed E-state index contributed by atoms with van der Waals surface area (Å²) < 4.78 is 25.5. The van der Waals surface area contributed by atoms with Crippen LogP contribution in [0.4, 0.5) is 5.82 Å². The lowest BCUT2D eigenvalue weighted by Gasteiger charge is -2.12. The molecular formula is C18H12Cl3N3O3S. The molecule has 0 bridgehead atoms. The number of anilines is 1. The number of hydrogen-bond donors (Lipinski definition) is 1. The molecule has 4 rings (SSSR count). The van der Waals surface area contributed by atoms with Gasteiger partial charge in [-0.1, -0.05) is 40.9 Å². The average molecular weight is 457 g/mol. The summed E-state index contributed by atoms with van der Waals surface area (Å²) in [5.74, 6) is -0.612. The third-order valence-electron chi connectivity index (χ3n) is 4.25. The van der Waals surface area contributed by atoms with Crippen molar-refractivity contribution in [3.63, 3.8) is 0 Å². The van der Waals surface area contributed by atoms with Crippen molar-refractivity contribution in [1.82, 2.24) is 9.78 Å². The SMILES string of the molecule is O=C(Nc1c2c(nn1-c1cccc(Cl)c1)CS(=O)(=O)C2)c1ccc(Cl)cc1Cl. The van der Waals surface area contributed by atoms with E-state index in [1.807, 2.05) is 0 Å². The Morgan fingerprint density at radius 1 is 1.04 bits per heavy atom. The number of nitrogens with one attached hydrogen (secondary N) is 1. The Balaban J connectivity index is 1.80. The maximum Gasteiger partial charge on any atom is 0.258 e. The molecule has 0 fully saturated rings. The van der Waals surface area contributed by atoms with Crippen molar-refractivity contribution in [2.45, 2.75) is 11.5 Å². The van der Waals surface area contributed by atoms with E-state index in [1.54, 1.807) is 30.3 Å². The molecule has 1 aromatic heterocycles. The first-order valence-corrected chi connectivity index (χ1v) is 11.0. The summed E-state index contributed by atoms with van der Waals surface area (Å²) in [7, 11) is -3.30. The van der Waals surface area contributed by atoms with E-state index in [-0.39, 0.29) is 27.9 Å². The summed E-state index contributed by atoms with van der Waals surface area (Å²) in [6.07, 6.45) is 0. The normalized spacial score (nSPS) is 14.7. The monoisotopic (exact) mass is 455 g/mol. The van der Waals surface area contributed by atoms with Gasteiger partial charge in [0.1, 0.15) is 5.82 Å². The van der Waals surface area contributed by atoms with E-state index in [9.17, 15) is 13.2 Å². The van der Waals surface area contributed by atoms with Crippen LogP contribution in [-0.2, 0) is 21.3 Å². The van der Waals surface area contributed by atoms with Crippen molar-refractivity contribution >= 4 is 56.4 Å². The van der Waals surface area contributed by atoms with Gasteiger partial charge in [-0.05, 0) is 36.4 Å². The number of carbonyl (C=O) groups excluding carboxylic acids is 1. The van der Waals surface area contributed by atoms with E-state index in [0.29, 0.717) is 27.0 Å². The highest BCUT2D eigenvalue weighted by Crippen LogP contribution is 2.34. The van der Waals surface area contributed by atoms with Gasteiger partial charge in [0.05, 0.1) is 33.5 Å². The standard InChI is InChI=1S/C18H12Cl3N3O3S/c19-10-2-1-3-12(6-10)24-17(14-8-28(26,27)9-16(14)23-24)22-18(25)13-5-4-11(20)7-15(13)21/h1-7H,8-9H2,(H,22,25). The van der Waals surface area contributed by atoms with E-state index in [0.717, 1.165) is 0 Å². The van der Waals surface area contributed by atoms with Crippen molar-refractivity contribution < 1.29 is 13.2 Å². The molecule has 28 heavy (non-hydrogen) atoms. The van der Waals surface area contributed by atoms with Crippen LogP contribution >= 0.6 is 34.8 Å². The van der Waals surface area contributed by atoms with Gasteiger partial charge in [0, 0.05) is 15.6 Å². The second-order valence-corrected chi connectivity index (χ2v) is 9.62. The molecule has 144 valence electrons. The topological polar surface area (TPSA) is 81.1 Å². The minimum absolute atomic E-state index is 0.180. The zero-order valence-corrected chi connectivity index (χ0v) is 17.2. The number of aromatic nitrogens is 2. The van der Waals surface area contributed by atoms with Crippen molar-refractivity contribution in [3.8, 4) is 5.69 Å². The van der Waals surface area contributed by atoms with Crippen LogP contribution in [0.1, 0.15) is 21.6 Å². The Kier molecular flexibility index (Phi) is 4.87. The first kappa shape index (κ1) is 19.3. The summed E-state index contributed by atoms with van der Waals surface area (Å²) in [6, 6.07) is 11.4. The van der Waals surface area contributed by atoms with Crippen molar-refractivity contribution in [2.75, 3.05) is 5.32 Å². The second kappa shape index (κ2) is 7.08. The van der Waals surface area contributed by atoms with Gasteiger partial charge >= 0.3 is 0 Å². The molecule has 1 aliphatic rings. The zero-order valence-electron chi connectivity index (χ0n) is 14.1. The van der Waals surface area contributed by atoms with Gasteiger partial charge < -0.3 is 5.32 Å². The Hall–Kier alpha value is -2.06. The zero-order chi connectivity index (χ0) is 20.1. The van der Waals surface area contributed by atoms with E-state index < -0.39 is 15.7 Å². The Labute approximate surface area is 175 Å². The van der Waals surface area contributed by atoms with Gasteiger partial charge in [-0.15, -0.1) is 0 Å². The van der Waals surface area contributed by atoms with Gasteiger partial charge in [0.25, 0.3) is 5.91 Å². The summed E-state index contributed by atoms with van der Waals surface area (Å²) in [5, 5.41) is 8.21. The number of rotatable bonds is 3. The van der Waals surface area contributed by atoms with E-state index in [2.05, 4.69) is 10.4 Å². The molecule has 1 aliphatic heterocycles. The van der Waals surface area contributed by atoms with Crippen LogP contribution in [0.3, 0.4) is 0 Å². The smallest absolute Gasteiger partial charge is 0.258 e. The molecule has 0 aliphatic carbocycles. The molecule has 0 saturated heterocycles. The molecular weight excluding hydrogens is 445 g/mol. The molecule has 10 heteroatoms. The van der Waals surface area contributed by atoms with Gasteiger partial charge in [0.15, 0.2) is 9.84 Å². The molecule has 2 aromatic carbocycles. The summed E-state index contributed by atoms with van der Waals surface area (Å²) in [6.45, 7) is 0. The van der Waals surface area contributed by atoms with Crippen LogP contribution < -0.4 is 5.32 Å². The minimum Gasteiger partial charge on any atom is -0.306 e. The predicted octanol–water partition coefficient (Wildman–Crippen LogP) is 4.51. The van der Waals surface area contributed by atoms with Crippen molar-refractivity contribution in [1.29, 1.82) is 0 Å². The van der Waals surface area contributed by atoms with Gasteiger partial charge in [-0.25, -0.2) is 13.1 Å². The summed E-state index contributed by atoms with van der Waals surface area (Å²) in [4.78, 5) is 12.8. The number of sulfone groups is 1. The van der Waals surface area contributed by atoms with Crippen LogP contribution in [-0.4, -0.2) is 24.1 Å². The molecule has 3 aromatic rings. The fourth-order valence-corrected chi connectivity index (χ4v) is 5.19. The third-order valence-corrected chi connectivity index (χ3v) is 6.47. The van der Waals surface area contributed by atoms with Crippen molar-refractivity contribution in [2.24, 2.45) is 0 Å². The van der Waals surface area contributed by atoms with Crippen LogP contribution in [0.2, 0.25) is 15.1 Å². The fourth-order valence-electron chi connectivity index (χ4n) is 3.01. The van der Waals surface area contributed by atoms with E-state index >= 15 is 0 Å². The van der Waals surface area contributed by atoms with Crippen molar-refractivity contribution in [3.05, 3.63) is 74.4 Å². The van der Waals surface area contributed by atoms with E-state index in [1.165, 1.54) is 16.8 Å². The number of benzene rings is 2. The number of nitrogens with zero attached hydrogens (tertiary/aromatic N) is 2. The maximum atomic E-state index is 12.8. The molecule has 1 amide bonds. The number of fused-ring (bicyclic) bond motifs is 1. The van der Waals surface area contributed by atoms with E-state index in [4.69, 9.17) is 34.8 Å². The maximum absolute atomic E-state index is 12.8. The molecule has 0 unspecified atom stereocenters. The molecule has 0 radical (unpaired) electrons. The van der Waals surface area contributed by atoms with Gasteiger partial charge in [-0.2, -0.15) is 5.10 Å². The van der Waals surface area contributed by atoms with Gasteiger partial charge in [-0.3, -0.25) is 4.79 Å². The molecule has 6 nitrogen and oxygen atoms in total. The Morgan fingerprint density at radius 3 is 2.50 bits per heavy atom. The van der Waals surface area contributed by atoms with Crippen LogP contribution in [0.5, 0.6) is 0 Å². The minimum atomic E-state index is -3.30. The average Bonchev–Trinajstić information content (AvgIpc) is 3.07. The predicted molar refractivity (Wildman–Crippen MR) is 109 cm³/mol. The first-order chi connectivity index (χ1) is 13.2. The first-order valence-electron chi connectivity index (χ1n) is 8.07. The highest BCUT2D eigenvalue weighted by Gasteiger charge is 2.33. The number of hydrogen-bond acceptors (Lipinski definition) is 4. The summed E-state index contributed by atoms with van der Waals surface area (Å²) >= 11 is 18.1. The van der Waals surface area contributed by atoms with Crippen LogP contribution in [0, 0.1) is 0 Å².